The zero-order valence-corrected chi connectivity index (χ0v) is 11.1. The lowest BCUT2D eigenvalue weighted by atomic mass is 10.0. The molecule has 16 heavy (non-hydrogen) atoms. The van der Waals surface area contributed by atoms with E-state index >= 15 is 0 Å². The van der Waals surface area contributed by atoms with Gasteiger partial charge in [-0.25, -0.2) is 0 Å². The highest BCUT2D eigenvalue weighted by Gasteiger charge is 2.22. The Bertz CT molecular complexity index is 379. The summed E-state index contributed by atoms with van der Waals surface area (Å²) in [5.41, 5.74) is 4.52. The van der Waals surface area contributed by atoms with Crippen LogP contribution in [0.1, 0.15) is 37.8 Å². The van der Waals surface area contributed by atoms with E-state index in [4.69, 9.17) is 0 Å². The van der Waals surface area contributed by atoms with Gasteiger partial charge in [0.25, 0.3) is 0 Å². The Morgan fingerprint density at radius 2 is 2.06 bits per heavy atom. The van der Waals surface area contributed by atoms with Crippen molar-refractivity contribution in [3.05, 3.63) is 41.5 Å². The lowest BCUT2D eigenvalue weighted by Gasteiger charge is -2.06. The van der Waals surface area contributed by atoms with Crippen LogP contribution in [0.5, 0.6) is 0 Å². The minimum absolute atomic E-state index is 0.580. The maximum Gasteiger partial charge on any atom is 0.134 e. The number of allylic oxidation sites excluding steroid dienone is 1. The number of hydrogen-bond acceptors (Lipinski definition) is 0. The van der Waals surface area contributed by atoms with Gasteiger partial charge in [0.1, 0.15) is 17.3 Å². The number of benzene rings is 1. The van der Waals surface area contributed by atoms with Crippen molar-refractivity contribution >= 4 is 16.5 Å². The molecule has 1 heteroatoms. The van der Waals surface area contributed by atoms with Crippen molar-refractivity contribution in [2.45, 2.75) is 32.4 Å². The Kier molecular flexibility index (Phi) is 4.11. The third-order valence-electron chi connectivity index (χ3n) is 3.21. The van der Waals surface area contributed by atoms with Gasteiger partial charge < -0.3 is 0 Å². The molecule has 1 aromatic rings. The molecule has 86 valence electrons. The Balaban J connectivity index is 2.18. The van der Waals surface area contributed by atoms with Gasteiger partial charge >= 0.3 is 0 Å². The van der Waals surface area contributed by atoms with E-state index in [1.54, 1.807) is 5.56 Å². The normalized spacial score (nSPS) is 19.9. The topological polar surface area (TPSA) is 0 Å². The predicted molar refractivity (Wildman–Crippen MR) is 75.8 cm³/mol. The van der Waals surface area contributed by atoms with Crippen LogP contribution in [0.4, 0.5) is 0 Å². The number of unbranched alkanes of at least 4 members (excludes halogenated alkanes) is 1. The van der Waals surface area contributed by atoms with E-state index < -0.39 is 0 Å². The van der Waals surface area contributed by atoms with Gasteiger partial charge in [-0.1, -0.05) is 37.6 Å². The molecule has 1 atom stereocenters. The number of hydrogen-bond donors (Lipinski definition) is 0. The SMILES string of the molecule is CCCC[S+]1CC=C(C)c2ccccc2C1. The summed E-state index contributed by atoms with van der Waals surface area (Å²) in [7, 11) is 0.580. The third kappa shape index (κ3) is 2.70. The van der Waals surface area contributed by atoms with Crippen molar-refractivity contribution in [1.29, 1.82) is 0 Å². The molecule has 2 rings (SSSR count). The van der Waals surface area contributed by atoms with Gasteiger partial charge in [-0.3, -0.25) is 0 Å². The molecular weight excluding hydrogens is 212 g/mol. The zero-order chi connectivity index (χ0) is 11.4. The van der Waals surface area contributed by atoms with Crippen molar-refractivity contribution in [2.75, 3.05) is 11.5 Å². The number of fused-ring (bicyclic) bond motifs is 1. The van der Waals surface area contributed by atoms with E-state index in [0.717, 1.165) is 0 Å². The van der Waals surface area contributed by atoms with Crippen molar-refractivity contribution < 1.29 is 0 Å². The molecule has 0 nitrogen and oxygen atoms in total. The molecule has 0 spiro atoms. The lowest BCUT2D eigenvalue weighted by molar-refractivity contribution is 0.892. The van der Waals surface area contributed by atoms with E-state index in [0.29, 0.717) is 10.9 Å². The van der Waals surface area contributed by atoms with Gasteiger partial charge in [0.15, 0.2) is 0 Å². The molecule has 0 fully saturated rings. The van der Waals surface area contributed by atoms with E-state index in [1.165, 1.54) is 41.2 Å². The highest BCUT2D eigenvalue weighted by atomic mass is 32.2. The van der Waals surface area contributed by atoms with Crippen molar-refractivity contribution in [2.24, 2.45) is 0 Å². The fourth-order valence-electron chi connectivity index (χ4n) is 2.17. The largest absolute Gasteiger partial charge is 0.134 e. The van der Waals surface area contributed by atoms with Crippen LogP contribution in [-0.4, -0.2) is 11.5 Å². The van der Waals surface area contributed by atoms with E-state index in [-0.39, 0.29) is 0 Å². The maximum absolute atomic E-state index is 2.45. The van der Waals surface area contributed by atoms with Gasteiger partial charge in [-0.05, 0) is 41.5 Å². The molecule has 1 aliphatic rings. The maximum atomic E-state index is 2.45. The van der Waals surface area contributed by atoms with Crippen molar-refractivity contribution in [1.82, 2.24) is 0 Å². The first-order valence-corrected chi connectivity index (χ1v) is 7.93. The molecule has 0 N–H and O–H groups in total. The van der Waals surface area contributed by atoms with Crippen LogP contribution in [-0.2, 0) is 16.6 Å². The molecule has 0 saturated carbocycles. The standard InChI is InChI=1S/C15H21S/c1-3-4-10-16-11-9-13(2)15-8-6-5-7-14(15)12-16/h5-9H,3-4,10-12H2,1-2H3/q+1. The summed E-state index contributed by atoms with van der Waals surface area (Å²) in [5, 5.41) is 0. The van der Waals surface area contributed by atoms with Crippen LogP contribution in [0.2, 0.25) is 0 Å². The van der Waals surface area contributed by atoms with Crippen LogP contribution < -0.4 is 0 Å². The Labute approximate surface area is 102 Å². The summed E-state index contributed by atoms with van der Waals surface area (Å²) < 4.78 is 0. The van der Waals surface area contributed by atoms with Crippen LogP contribution in [0.25, 0.3) is 5.57 Å². The summed E-state index contributed by atoms with van der Waals surface area (Å²) in [6.07, 6.45) is 5.16. The smallest absolute Gasteiger partial charge is 0.0652 e. The zero-order valence-electron chi connectivity index (χ0n) is 10.3. The minimum atomic E-state index is 0.580. The molecule has 1 unspecified atom stereocenters. The predicted octanol–water partition coefficient (Wildman–Crippen LogP) is 4.02. The summed E-state index contributed by atoms with van der Waals surface area (Å²) in [5.74, 6) is 4.00. The van der Waals surface area contributed by atoms with Gasteiger partial charge in [0.2, 0.25) is 0 Å². The second-order valence-corrected chi connectivity index (χ2v) is 6.78. The Morgan fingerprint density at radius 3 is 2.88 bits per heavy atom. The summed E-state index contributed by atoms with van der Waals surface area (Å²) in [6, 6.07) is 8.92. The average Bonchev–Trinajstić information content (AvgIpc) is 2.47. The summed E-state index contributed by atoms with van der Waals surface area (Å²) in [6.45, 7) is 4.54. The Morgan fingerprint density at radius 1 is 1.25 bits per heavy atom. The third-order valence-corrected chi connectivity index (χ3v) is 5.44. The van der Waals surface area contributed by atoms with Crippen molar-refractivity contribution in [3.63, 3.8) is 0 Å². The molecule has 1 heterocycles. The molecule has 0 amide bonds. The van der Waals surface area contributed by atoms with Gasteiger partial charge in [-0.15, -0.1) is 0 Å². The van der Waals surface area contributed by atoms with Crippen molar-refractivity contribution in [3.8, 4) is 0 Å². The monoisotopic (exact) mass is 233 g/mol. The molecule has 0 aromatic heterocycles. The fraction of sp³-hybridized carbons (Fsp3) is 0.467. The van der Waals surface area contributed by atoms with Gasteiger partial charge in [0, 0.05) is 5.56 Å². The quantitative estimate of drug-likeness (QED) is 0.692. The lowest BCUT2D eigenvalue weighted by Crippen LogP contribution is -2.12. The summed E-state index contributed by atoms with van der Waals surface area (Å²) in [4.78, 5) is 0. The van der Waals surface area contributed by atoms with Gasteiger partial charge in [-0.2, -0.15) is 0 Å². The van der Waals surface area contributed by atoms with Gasteiger partial charge in [0.05, 0.1) is 0 Å². The van der Waals surface area contributed by atoms with Crippen LogP contribution in [0, 0.1) is 0 Å². The van der Waals surface area contributed by atoms with Crippen LogP contribution in [0.3, 0.4) is 0 Å². The first kappa shape index (κ1) is 11.8. The second kappa shape index (κ2) is 5.58. The summed E-state index contributed by atoms with van der Waals surface area (Å²) >= 11 is 0. The highest BCUT2D eigenvalue weighted by Crippen LogP contribution is 2.26. The second-order valence-electron chi connectivity index (χ2n) is 4.53. The van der Waals surface area contributed by atoms with E-state index in [1.807, 2.05) is 0 Å². The molecule has 0 bridgehead atoms. The van der Waals surface area contributed by atoms with E-state index in [9.17, 15) is 0 Å². The first-order chi connectivity index (χ1) is 7.81. The number of rotatable bonds is 3. The molecule has 0 aliphatic carbocycles. The fourth-order valence-corrected chi connectivity index (χ4v) is 4.47. The highest BCUT2D eigenvalue weighted by molar-refractivity contribution is 7.96. The molecular formula is C15H21S+. The Hall–Kier alpha value is -0.690. The molecule has 0 saturated heterocycles. The first-order valence-electron chi connectivity index (χ1n) is 6.20. The van der Waals surface area contributed by atoms with E-state index in [2.05, 4.69) is 44.2 Å². The van der Waals surface area contributed by atoms with Crippen LogP contribution in [0.15, 0.2) is 30.3 Å². The minimum Gasteiger partial charge on any atom is -0.0652 e. The molecule has 0 radical (unpaired) electrons. The molecule has 1 aromatic carbocycles. The average molecular weight is 233 g/mol. The van der Waals surface area contributed by atoms with Crippen LogP contribution >= 0.6 is 0 Å². The molecule has 1 aliphatic heterocycles.